The van der Waals surface area contributed by atoms with Crippen molar-refractivity contribution in [2.24, 2.45) is 0 Å². The zero-order valence-corrected chi connectivity index (χ0v) is 16.1. The van der Waals surface area contributed by atoms with Gasteiger partial charge in [0, 0.05) is 17.6 Å². The monoisotopic (exact) mass is 432 g/mol. The van der Waals surface area contributed by atoms with E-state index in [2.05, 4.69) is 20.9 Å². The minimum absolute atomic E-state index is 0.0551. The molecule has 2 aromatic carbocycles. The number of likely N-dealkylation sites (tertiary alicyclic amines) is 1. The predicted molar refractivity (Wildman–Crippen MR) is 102 cm³/mol. The number of ether oxygens (including phenoxy) is 1. The van der Waals surface area contributed by atoms with E-state index in [-0.39, 0.29) is 24.2 Å². The van der Waals surface area contributed by atoms with E-state index in [0.717, 1.165) is 23.9 Å². The molecular formula is C20H18BrFN2O3. The van der Waals surface area contributed by atoms with Crippen LogP contribution in [0, 0.1) is 5.82 Å². The molecule has 0 radical (unpaired) electrons. The number of carbonyl (C=O) groups excluding carboxylic acids is 1. The van der Waals surface area contributed by atoms with Gasteiger partial charge in [0.15, 0.2) is 29.6 Å². The summed E-state index contributed by atoms with van der Waals surface area (Å²) in [6.07, 6.45) is 1.78. The summed E-state index contributed by atoms with van der Waals surface area (Å²) in [4.78, 5) is 18.8. The van der Waals surface area contributed by atoms with Crippen molar-refractivity contribution in [1.29, 1.82) is 0 Å². The van der Waals surface area contributed by atoms with Crippen LogP contribution in [-0.4, -0.2) is 35.5 Å². The topological polar surface area (TPSA) is 55.6 Å². The Morgan fingerprint density at radius 1 is 1.33 bits per heavy atom. The van der Waals surface area contributed by atoms with Crippen LogP contribution < -0.4 is 4.74 Å². The van der Waals surface area contributed by atoms with Gasteiger partial charge in [-0.1, -0.05) is 28.1 Å². The third-order valence-electron chi connectivity index (χ3n) is 4.68. The van der Waals surface area contributed by atoms with Gasteiger partial charge in [0.1, 0.15) is 5.52 Å². The lowest BCUT2D eigenvalue weighted by atomic mass is 9.98. The number of benzene rings is 2. The highest BCUT2D eigenvalue weighted by Crippen LogP contribution is 2.29. The van der Waals surface area contributed by atoms with E-state index >= 15 is 0 Å². The number of nitrogens with zero attached hydrogens (tertiary/aromatic N) is 2. The van der Waals surface area contributed by atoms with Crippen LogP contribution in [0.5, 0.6) is 5.75 Å². The maximum atomic E-state index is 13.8. The molecule has 1 aliphatic rings. The molecule has 4 rings (SSSR count). The van der Waals surface area contributed by atoms with Crippen LogP contribution in [0.25, 0.3) is 11.1 Å². The van der Waals surface area contributed by atoms with Crippen molar-refractivity contribution in [3.05, 3.63) is 58.6 Å². The van der Waals surface area contributed by atoms with E-state index < -0.39 is 5.82 Å². The molecule has 1 aliphatic heterocycles. The lowest BCUT2D eigenvalue weighted by molar-refractivity contribution is -0.134. The number of piperidine rings is 1. The number of carbonyl (C=O) groups is 1. The van der Waals surface area contributed by atoms with Gasteiger partial charge < -0.3 is 14.1 Å². The Morgan fingerprint density at radius 2 is 2.19 bits per heavy atom. The number of oxazole rings is 1. The molecule has 0 aliphatic carbocycles. The minimum atomic E-state index is -0.500. The highest BCUT2D eigenvalue weighted by molar-refractivity contribution is 9.10. The molecule has 0 spiro atoms. The summed E-state index contributed by atoms with van der Waals surface area (Å²) >= 11 is 3.19. The molecule has 5 nitrogen and oxygen atoms in total. The average Bonchev–Trinajstić information content (AvgIpc) is 3.11. The number of fused-ring (bicyclic) bond motifs is 1. The quantitative estimate of drug-likeness (QED) is 0.608. The maximum Gasteiger partial charge on any atom is 0.260 e. The van der Waals surface area contributed by atoms with E-state index in [0.29, 0.717) is 23.5 Å². The molecule has 0 N–H and O–H groups in total. The van der Waals surface area contributed by atoms with E-state index in [1.54, 1.807) is 11.0 Å². The van der Waals surface area contributed by atoms with Crippen molar-refractivity contribution in [3.63, 3.8) is 0 Å². The summed E-state index contributed by atoms with van der Waals surface area (Å²) in [5, 5.41) is 0. The molecule has 0 saturated carbocycles. The van der Waals surface area contributed by atoms with E-state index in [9.17, 15) is 9.18 Å². The van der Waals surface area contributed by atoms with Crippen LogP contribution in [0.2, 0.25) is 0 Å². The van der Waals surface area contributed by atoms with Crippen LogP contribution in [-0.2, 0) is 4.79 Å². The Balaban J connectivity index is 1.40. The van der Waals surface area contributed by atoms with Crippen molar-refractivity contribution in [3.8, 4) is 5.75 Å². The third-order valence-corrected chi connectivity index (χ3v) is 5.17. The molecule has 1 amide bonds. The van der Waals surface area contributed by atoms with Crippen molar-refractivity contribution < 1.29 is 18.3 Å². The number of hydrogen-bond donors (Lipinski definition) is 0. The van der Waals surface area contributed by atoms with E-state index in [1.807, 2.05) is 24.3 Å². The second kappa shape index (κ2) is 7.68. The van der Waals surface area contributed by atoms with Gasteiger partial charge in [0.05, 0.1) is 5.92 Å². The first-order valence-electron chi connectivity index (χ1n) is 8.81. The number of amides is 1. The normalized spacial score (nSPS) is 17.3. The number of aromatic nitrogens is 1. The third kappa shape index (κ3) is 3.98. The van der Waals surface area contributed by atoms with Crippen molar-refractivity contribution in [2.75, 3.05) is 19.7 Å². The fourth-order valence-electron chi connectivity index (χ4n) is 3.29. The van der Waals surface area contributed by atoms with Gasteiger partial charge in [0.2, 0.25) is 0 Å². The summed E-state index contributed by atoms with van der Waals surface area (Å²) in [5.74, 6) is 0.116. The Morgan fingerprint density at radius 3 is 3.00 bits per heavy atom. The van der Waals surface area contributed by atoms with Crippen molar-refractivity contribution >= 4 is 32.9 Å². The number of halogens is 2. The highest BCUT2D eigenvalue weighted by Gasteiger charge is 2.28. The SMILES string of the molecule is O=C(COc1ccc(Br)cc1F)N1CCC[C@H](c2nc3ccccc3o2)C1. The molecular weight excluding hydrogens is 415 g/mol. The highest BCUT2D eigenvalue weighted by atomic mass is 79.9. The second-order valence-corrected chi connectivity index (χ2v) is 7.48. The van der Waals surface area contributed by atoms with Gasteiger partial charge in [0.25, 0.3) is 5.91 Å². The van der Waals surface area contributed by atoms with E-state index in [1.165, 1.54) is 12.1 Å². The Hall–Kier alpha value is -2.41. The summed E-state index contributed by atoms with van der Waals surface area (Å²) < 4.78 is 25.7. The standard InChI is InChI=1S/C20H18BrFN2O3/c21-14-7-8-17(15(22)10-14)26-12-19(25)24-9-3-4-13(11-24)20-23-16-5-1-2-6-18(16)27-20/h1-2,5-8,10,13H,3-4,9,11-12H2/t13-/m0/s1. The van der Waals surface area contributed by atoms with Crippen LogP contribution >= 0.6 is 15.9 Å². The average molecular weight is 433 g/mol. The molecule has 1 aromatic heterocycles. The molecule has 0 bridgehead atoms. The largest absolute Gasteiger partial charge is 0.481 e. The first-order chi connectivity index (χ1) is 13.1. The van der Waals surface area contributed by atoms with Gasteiger partial charge in [-0.25, -0.2) is 9.37 Å². The molecule has 7 heteroatoms. The Labute approximate surface area is 164 Å². The molecule has 140 valence electrons. The smallest absolute Gasteiger partial charge is 0.260 e. The first kappa shape index (κ1) is 18.0. The van der Waals surface area contributed by atoms with E-state index in [4.69, 9.17) is 9.15 Å². The summed E-state index contributed by atoms with van der Waals surface area (Å²) in [7, 11) is 0. The zero-order chi connectivity index (χ0) is 18.8. The number of rotatable bonds is 4. The van der Waals surface area contributed by atoms with Crippen LogP contribution in [0.3, 0.4) is 0 Å². The molecule has 3 aromatic rings. The fraction of sp³-hybridized carbons (Fsp3) is 0.300. The predicted octanol–water partition coefficient (Wildman–Crippen LogP) is 4.51. The minimum Gasteiger partial charge on any atom is -0.481 e. The zero-order valence-electron chi connectivity index (χ0n) is 14.5. The van der Waals surface area contributed by atoms with Crippen LogP contribution in [0.4, 0.5) is 4.39 Å². The molecule has 27 heavy (non-hydrogen) atoms. The van der Waals surface area contributed by atoms with Gasteiger partial charge in [-0.05, 0) is 43.2 Å². The number of para-hydroxylation sites is 2. The van der Waals surface area contributed by atoms with Gasteiger partial charge in [-0.15, -0.1) is 0 Å². The van der Waals surface area contributed by atoms with Gasteiger partial charge in [-0.3, -0.25) is 4.79 Å². The Kier molecular flexibility index (Phi) is 5.11. The molecule has 1 saturated heterocycles. The molecule has 1 fully saturated rings. The first-order valence-corrected chi connectivity index (χ1v) is 9.60. The molecule has 2 heterocycles. The Bertz CT molecular complexity index is 942. The van der Waals surface area contributed by atoms with Gasteiger partial charge in [-0.2, -0.15) is 0 Å². The maximum absolute atomic E-state index is 13.8. The molecule has 0 unspecified atom stereocenters. The number of hydrogen-bond acceptors (Lipinski definition) is 4. The lowest BCUT2D eigenvalue weighted by Gasteiger charge is -2.31. The summed E-state index contributed by atoms with van der Waals surface area (Å²) in [5.41, 5.74) is 1.58. The second-order valence-electron chi connectivity index (χ2n) is 6.56. The van der Waals surface area contributed by atoms with Crippen LogP contribution in [0.15, 0.2) is 51.4 Å². The van der Waals surface area contributed by atoms with Crippen molar-refractivity contribution in [2.45, 2.75) is 18.8 Å². The van der Waals surface area contributed by atoms with Crippen LogP contribution in [0.1, 0.15) is 24.7 Å². The summed E-state index contributed by atoms with van der Waals surface area (Å²) in [6.45, 7) is 0.985. The lowest BCUT2D eigenvalue weighted by Crippen LogP contribution is -2.41. The fourth-order valence-corrected chi connectivity index (χ4v) is 3.63. The van der Waals surface area contributed by atoms with Crippen molar-refractivity contribution in [1.82, 2.24) is 9.88 Å². The van der Waals surface area contributed by atoms with Gasteiger partial charge >= 0.3 is 0 Å². The summed E-state index contributed by atoms with van der Waals surface area (Å²) in [6, 6.07) is 12.1. The molecule has 1 atom stereocenters.